The number of methoxy groups -OCH3 is 1. The van der Waals surface area contributed by atoms with Gasteiger partial charge < -0.3 is 15.0 Å². The molecule has 1 aromatic heterocycles. The van der Waals surface area contributed by atoms with Crippen molar-refractivity contribution in [2.75, 3.05) is 19.0 Å². The Morgan fingerprint density at radius 3 is 2.62 bits per heavy atom. The van der Waals surface area contributed by atoms with Crippen LogP contribution in [0, 0.1) is 11.3 Å². The van der Waals surface area contributed by atoms with Gasteiger partial charge in [0.25, 0.3) is 0 Å². The number of nitrogens with one attached hydrogen (secondary N) is 2. The number of aromatic nitrogens is 2. The Labute approximate surface area is 141 Å². The van der Waals surface area contributed by atoms with Gasteiger partial charge in [-0.15, -0.1) is 0 Å². The second-order valence-corrected chi connectivity index (χ2v) is 6.36. The lowest BCUT2D eigenvalue weighted by Gasteiger charge is -2.25. The smallest absolute Gasteiger partial charge is 0.201 e. The fraction of sp³-hybridized carbons (Fsp3) is 0.263. The summed E-state index contributed by atoms with van der Waals surface area (Å²) in [6.07, 6.45) is 0. The van der Waals surface area contributed by atoms with Gasteiger partial charge in [0.1, 0.15) is 17.3 Å². The molecule has 0 amide bonds. The minimum Gasteiger partial charge on any atom is -0.497 e. The standard InChI is InChI=1S/C19H20N4O/c1-19(2,14-7-9-15(24-3)10-8-14)12-21-18-22-16-6-4-5-13(11-20)17(16)23-18/h4-10H,12H2,1-3H3,(H2,21,22,23). The van der Waals surface area contributed by atoms with E-state index in [4.69, 9.17) is 10.00 Å². The van der Waals surface area contributed by atoms with Crippen molar-refractivity contribution in [2.45, 2.75) is 19.3 Å². The zero-order valence-electron chi connectivity index (χ0n) is 14.1. The number of nitrogens with zero attached hydrogens (tertiary/aromatic N) is 2. The Bertz CT molecular complexity index is 888. The van der Waals surface area contributed by atoms with Crippen LogP contribution < -0.4 is 10.1 Å². The Morgan fingerprint density at radius 2 is 1.96 bits per heavy atom. The summed E-state index contributed by atoms with van der Waals surface area (Å²) >= 11 is 0. The van der Waals surface area contributed by atoms with Gasteiger partial charge in [-0.2, -0.15) is 5.26 Å². The van der Waals surface area contributed by atoms with Crippen LogP contribution in [-0.4, -0.2) is 23.6 Å². The SMILES string of the molecule is COc1ccc(C(C)(C)CNc2nc3c(C#N)cccc3[nH]2)cc1. The van der Waals surface area contributed by atoms with Crippen molar-refractivity contribution in [3.8, 4) is 11.8 Å². The topological polar surface area (TPSA) is 73.7 Å². The van der Waals surface area contributed by atoms with Crippen LogP contribution in [0.2, 0.25) is 0 Å². The summed E-state index contributed by atoms with van der Waals surface area (Å²) in [7, 11) is 1.67. The molecule has 122 valence electrons. The second kappa shape index (κ2) is 6.25. The van der Waals surface area contributed by atoms with Gasteiger partial charge in [-0.3, -0.25) is 0 Å². The monoisotopic (exact) mass is 320 g/mol. The van der Waals surface area contributed by atoms with Crippen molar-refractivity contribution in [3.63, 3.8) is 0 Å². The van der Waals surface area contributed by atoms with E-state index in [1.807, 2.05) is 24.3 Å². The molecule has 0 unspecified atom stereocenters. The molecule has 24 heavy (non-hydrogen) atoms. The summed E-state index contributed by atoms with van der Waals surface area (Å²) < 4.78 is 5.21. The molecule has 0 bridgehead atoms. The second-order valence-electron chi connectivity index (χ2n) is 6.36. The largest absolute Gasteiger partial charge is 0.497 e. The average molecular weight is 320 g/mol. The number of benzene rings is 2. The third-order valence-corrected chi connectivity index (χ3v) is 4.20. The molecule has 0 saturated carbocycles. The van der Waals surface area contributed by atoms with Gasteiger partial charge in [-0.1, -0.05) is 32.0 Å². The molecule has 5 nitrogen and oxygen atoms in total. The summed E-state index contributed by atoms with van der Waals surface area (Å²) in [4.78, 5) is 7.72. The van der Waals surface area contributed by atoms with E-state index in [0.717, 1.165) is 11.3 Å². The van der Waals surface area contributed by atoms with E-state index in [2.05, 4.69) is 47.3 Å². The number of H-pyrrole nitrogens is 1. The molecule has 2 N–H and O–H groups in total. The maximum absolute atomic E-state index is 9.16. The molecule has 0 spiro atoms. The predicted molar refractivity (Wildman–Crippen MR) is 95.3 cm³/mol. The molecule has 0 aliphatic heterocycles. The molecule has 5 heteroatoms. The number of fused-ring (bicyclic) bond motifs is 1. The quantitative estimate of drug-likeness (QED) is 0.749. The number of aromatic amines is 1. The van der Waals surface area contributed by atoms with E-state index in [1.165, 1.54) is 5.56 Å². The van der Waals surface area contributed by atoms with Crippen LogP contribution in [0.4, 0.5) is 5.95 Å². The molecule has 0 atom stereocenters. The van der Waals surface area contributed by atoms with Gasteiger partial charge in [0.2, 0.25) is 5.95 Å². The molecule has 1 heterocycles. The van der Waals surface area contributed by atoms with E-state index in [9.17, 15) is 0 Å². The number of hydrogen-bond donors (Lipinski definition) is 2. The summed E-state index contributed by atoms with van der Waals surface area (Å²) in [5, 5.41) is 12.5. The van der Waals surface area contributed by atoms with Crippen molar-refractivity contribution < 1.29 is 4.74 Å². The molecular weight excluding hydrogens is 300 g/mol. The predicted octanol–water partition coefficient (Wildman–Crippen LogP) is 3.83. The highest BCUT2D eigenvalue weighted by Crippen LogP contribution is 2.26. The zero-order valence-corrected chi connectivity index (χ0v) is 14.1. The van der Waals surface area contributed by atoms with Crippen LogP contribution in [0.15, 0.2) is 42.5 Å². The lowest BCUT2D eigenvalue weighted by molar-refractivity contribution is 0.414. The summed E-state index contributed by atoms with van der Waals surface area (Å²) in [6.45, 7) is 5.05. The first-order valence-electron chi connectivity index (χ1n) is 7.81. The van der Waals surface area contributed by atoms with Crippen molar-refractivity contribution in [1.29, 1.82) is 5.26 Å². The van der Waals surface area contributed by atoms with E-state index in [1.54, 1.807) is 13.2 Å². The van der Waals surface area contributed by atoms with Gasteiger partial charge in [0.15, 0.2) is 0 Å². The molecule has 0 radical (unpaired) electrons. The van der Waals surface area contributed by atoms with Crippen LogP contribution in [0.1, 0.15) is 25.0 Å². The highest BCUT2D eigenvalue weighted by atomic mass is 16.5. The molecular formula is C19H20N4O. The lowest BCUT2D eigenvalue weighted by atomic mass is 9.84. The number of imidazole rings is 1. The van der Waals surface area contributed by atoms with Gasteiger partial charge >= 0.3 is 0 Å². The van der Waals surface area contributed by atoms with Gasteiger partial charge in [0.05, 0.1) is 18.2 Å². The fourth-order valence-electron chi connectivity index (χ4n) is 2.66. The van der Waals surface area contributed by atoms with Crippen molar-refractivity contribution in [1.82, 2.24) is 9.97 Å². The molecule has 3 rings (SSSR count). The van der Waals surface area contributed by atoms with Crippen LogP contribution in [0.25, 0.3) is 11.0 Å². The van der Waals surface area contributed by atoms with Gasteiger partial charge in [-0.25, -0.2) is 4.98 Å². The van der Waals surface area contributed by atoms with Crippen LogP contribution >= 0.6 is 0 Å². The van der Waals surface area contributed by atoms with E-state index >= 15 is 0 Å². The highest BCUT2D eigenvalue weighted by Gasteiger charge is 2.21. The lowest BCUT2D eigenvalue weighted by Crippen LogP contribution is -2.27. The summed E-state index contributed by atoms with van der Waals surface area (Å²) in [6, 6.07) is 15.8. The van der Waals surface area contributed by atoms with Crippen molar-refractivity contribution in [2.24, 2.45) is 0 Å². The molecule has 3 aromatic rings. The van der Waals surface area contributed by atoms with E-state index in [-0.39, 0.29) is 5.41 Å². The van der Waals surface area contributed by atoms with Gasteiger partial charge in [0, 0.05) is 12.0 Å². The molecule has 0 aliphatic carbocycles. The number of hydrogen-bond acceptors (Lipinski definition) is 4. The first-order chi connectivity index (χ1) is 11.5. The number of rotatable bonds is 5. The maximum Gasteiger partial charge on any atom is 0.201 e. The van der Waals surface area contributed by atoms with E-state index in [0.29, 0.717) is 23.6 Å². The third kappa shape index (κ3) is 3.04. The number of nitriles is 1. The van der Waals surface area contributed by atoms with Gasteiger partial charge in [-0.05, 0) is 29.8 Å². The van der Waals surface area contributed by atoms with Crippen LogP contribution in [0.5, 0.6) is 5.75 Å². The normalized spacial score (nSPS) is 11.2. The third-order valence-electron chi connectivity index (χ3n) is 4.20. The molecule has 0 aliphatic rings. The molecule has 0 fully saturated rings. The minimum absolute atomic E-state index is 0.0801. The van der Waals surface area contributed by atoms with Crippen molar-refractivity contribution >= 4 is 17.0 Å². The van der Waals surface area contributed by atoms with E-state index < -0.39 is 0 Å². The summed E-state index contributed by atoms with van der Waals surface area (Å²) in [5.74, 6) is 1.53. The van der Waals surface area contributed by atoms with Crippen molar-refractivity contribution in [3.05, 3.63) is 53.6 Å². The maximum atomic E-state index is 9.16. The number of ether oxygens (including phenoxy) is 1. The van der Waals surface area contributed by atoms with Crippen LogP contribution in [0.3, 0.4) is 0 Å². The number of para-hydroxylation sites is 1. The zero-order chi connectivity index (χ0) is 17.2. The fourth-order valence-corrected chi connectivity index (χ4v) is 2.66. The highest BCUT2D eigenvalue weighted by molar-refractivity contribution is 5.83. The Hall–Kier alpha value is -3.00. The first-order valence-corrected chi connectivity index (χ1v) is 7.81. The Balaban J connectivity index is 1.77. The number of anilines is 1. The molecule has 0 saturated heterocycles. The first kappa shape index (κ1) is 15.9. The Morgan fingerprint density at radius 1 is 1.21 bits per heavy atom. The average Bonchev–Trinajstić information content (AvgIpc) is 3.03. The minimum atomic E-state index is -0.0801. The van der Waals surface area contributed by atoms with Crippen LogP contribution in [-0.2, 0) is 5.41 Å². The Kier molecular flexibility index (Phi) is 4.13. The summed E-state index contributed by atoms with van der Waals surface area (Å²) in [5.41, 5.74) is 3.27. The molecule has 2 aromatic carbocycles.